The summed E-state index contributed by atoms with van der Waals surface area (Å²) in [6.45, 7) is 8.59. The lowest BCUT2D eigenvalue weighted by atomic mass is 9.95. The first kappa shape index (κ1) is 25.3. The molecule has 1 aliphatic heterocycles. The maximum Gasteiger partial charge on any atom is 0.338 e. The number of carbonyl (C=O) groups excluding carboxylic acids is 2. The second-order valence-corrected chi connectivity index (χ2v) is 9.90. The monoisotopic (exact) mass is 524 g/mol. The molecule has 8 nitrogen and oxygen atoms in total. The van der Waals surface area contributed by atoms with E-state index < -0.39 is 18.0 Å². The number of esters is 2. The molecule has 0 bridgehead atoms. The Morgan fingerprint density at radius 2 is 2.00 bits per heavy atom. The number of rotatable bonds is 7. The Bertz CT molecular complexity index is 1570. The van der Waals surface area contributed by atoms with Crippen molar-refractivity contribution in [3.05, 3.63) is 89.3 Å². The number of carbonyl (C=O) groups is 2. The SMILES string of the molecule is C=CCOC(=O)C1=C(C)N=c2sc(=Cc3sccc3C)c(=O)n2C1c1ccc(OC(C)=O)c(OC)c1. The molecule has 0 saturated heterocycles. The number of thiophene rings is 1. The molecule has 0 spiro atoms. The summed E-state index contributed by atoms with van der Waals surface area (Å²) in [7, 11) is 1.45. The molecule has 186 valence electrons. The third-order valence-corrected chi connectivity index (χ3v) is 7.44. The number of fused-ring (bicyclic) bond motifs is 1. The van der Waals surface area contributed by atoms with Gasteiger partial charge in [0.1, 0.15) is 6.61 Å². The van der Waals surface area contributed by atoms with Gasteiger partial charge in [-0.25, -0.2) is 9.79 Å². The van der Waals surface area contributed by atoms with Crippen LogP contribution in [0.4, 0.5) is 0 Å². The van der Waals surface area contributed by atoms with Gasteiger partial charge in [-0.15, -0.1) is 11.3 Å². The Morgan fingerprint density at radius 3 is 2.64 bits per heavy atom. The molecular weight excluding hydrogens is 500 g/mol. The summed E-state index contributed by atoms with van der Waals surface area (Å²) in [5.41, 5.74) is 2.03. The van der Waals surface area contributed by atoms with Crippen molar-refractivity contribution in [3.8, 4) is 11.5 Å². The second kappa shape index (κ2) is 10.5. The van der Waals surface area contributed by atoms with E-state index in [0.717, 1.165) is 10.4 Å². The average molecular weight is 525 g/mol. The molecule has 3 aromatic rings. The number of ether oxygens (including phenoxy) is 3. The van der Waals surface area contributed by atoms with Crippen LogP contribution in [0.3, 0.4) is 0 Å². The molecule has 0 fully saturated rings. The van der Waals surface area contributed by atoms with Gasteiger partial charge in [0.05, 0.1) is 29.0 Å². The van der Waals surface area contributed by atoms with Gasteiger partial charge in [-0.1, -0.05) is 30.1 Å². The highest BCUT2D eigenvalue weighted by Gasteiger charge is 2.34. The standard InChI is InChI=1S/C26H24N2O6S2/c1-6-10-33-25(31)22-15(3)27-26-28(24(30)21(36-26)13-20-14(2)9-11-35-20)23(22)17-7-8-18(34-16(4)29)19(12-17)32-5/h6-9,11-13,23H,1,10H2,2-5H3. The molecule has 10 heteroatoms. The molecular formula is C26H24N2O6S2. The number of hydrogen-bond donors (Lipinski definition) is 0. The van der Waals surface area contributed by atoms with E-state index >= 15 is 0 Å². The molecule has 36 heavy (non-hydrogen) atoms. The lowest BCUT2D eigenvalue weighted by Crippen LogP contribution is -2.40. The van der Waals surface area contributed by atoms with Crippen molar-refractivity contribution in [1.29, 1.82) is 0 Å². The quantitative estimate of drug-likeness (QED) is 0.267. The van der Waals surface area contributed by atoms with Crippen LogP contribution in [0, 0.1) is 6.92 Å². The molecule has 0 aliphatic carbocycles. The number of allylic oxidation sites excluding steroid dienone is 1. The van der Waals surface area contributed by atoms with Gasteiger partial charge < -0.3 is 14.2 Å². The van der Waals surface area contributed by atoms with Gasteiger partial charge in [0.15, 0.2) is 16.3 Å². The topological polar surface area (TPSA) is 96.2 Å². The minimum atomic E-state index is -0.828. The van der Waals surface area contributed by atoms with Crippen LogP contribution >= 0.6 is 22.7 Å². The summed E-state index contributed by atoms with van der Waals surface area (Å²) in [6.07, 6.45) is 3.32. The van der Waals surface area contributed by atoms with Crippen LogP contribution in [0.25, 0.3) is 6.08 Å². The van der Waals surface area contributed by atoms with E-state index in [4.69, 9.17) is 14.2 Å². The van der Waals surface area contributed by atoms with Crippen LogP contribution < -0.4 is 24.4 Å². The van der Waals surface area contributed by atoms with Gasteiger partial charge in [0.25, 0.3) is 5.56 Å². The number of benzene rings is 1. The molecule has 3 heterocycles. The second-order valence-electron chi connectivity index (χ2n) is 7.94. The average Bonchev–Trinajstić information content (AvgIpc) is 3.38. The smallest absolute Gasteiger partial charge is 0.338 e. The molecule has 4 rings (SSSR count). The number of nitrogens with zero attached hydrogens (tertiary/aromatic N) is 2. The van der Waals surface area contributed by atoms with Crippen molar-refractivity contribution in [3.63, 3.8) is 0 Å². The first-order valence-corrected chi connectivity index (χ1v) is 12.7. The van der Waals surface area contributed by atoms with Crippen molar-refractivity contribution in [2.24, 2.45) is 4.99 Å². The Morgan fingerprint density at radius 1 is 1.22 bits per heavy atom. The van der Waals surface area contributed by atoms with Gasteiger partial charge in [-0.05, 0) is 54.6 Å². The minimum absolute atomic E-state index is 0.0130. The first-order chi connectivity index (χ1) is 17.2. The summed E-state index contributed by atoms with van der Waals surface area (Å²) in [5, 5.41) is 1.97. The highest BCUT2D eigenvalue weighted by Crippen LogP contribution is 2.36. The number of aromatic nitrogens is 1. The minimum Gasteiger partial charge on any atom is -0.493 e. The van der Waals surface area contributed by atoms with Gasteiger partial charge in [-0.3, -0.25) is 14.2 Å². The fourth-order valence-corrected chi connectivity index (χ4v) is 5.82. The predicted molar refractivity (Wildman–Crippen MR) is 138 cm³/mol. The number of methoxy groups -OCH3 is 1. The molecule has 0 saturated carbocycles. The molecule has 0 N–H and O–H groups in total. The zero-order valence-electron chi connectivity index (χ0n) is 20.2. The summed E-state index contributed by atoms with van der Waals surface area (Å²) < 4.78 is 18.0. The van der Waals surface area contributed by atoms with Gasteiger partial charge in [-0.2, -0.15) is 0 Å². The maximum atomic E-state index is 13.7. The van der Waals surface area contributed by atoms with Gasteiger partial charge >= 0.3 is 11.9 Å². The Labute approximate surface area is 215 Å². The van der Waals surface area contributed by atoms with Crippen LogP contribution in [0.15, 0.2) is 63.4 Å². The highest BCUT2D eigenvalue weighted by molar-refractivity contribution is 7.11. The normalized spacial score (nSPS) is 15.2. The summed E-state index contributed by atoms with van der Waals surface area (Å²) in [6, 6.07) is 6.06. The van der Waals surface area contributed by atoms with Gasteiger partial charge in [0.2, 0.25) is 0 Å². The third kappa shape index (κ3) is 4.82. The molecule has 1 unspecified atom stereocenters. The van der Waals surface area contributed by atoms with Gasteiger partial charge in [0, 0.05) is 11.8 Å². The van der Waals surface area contributed by atoms with Crippen LogP contribution in [0.2, 0.25) is 0 Å². The van der Waals surface area contributed by atoms with Crippen molar-refractivity contribution >= 4 is 40.7 Å². The van der Waals surface area contributed by atoms with Crippen molar-refractivity contribution in [1.82, 2.24) is 4.57 Å². The number of thiazole rings is 1. The van der Waals surface area contributed by atoms with Crippen LogP contribution in [0.5, 0.6) is 11.5 Å². The van der Waals surface area contributed by atoms with E-state index in [-0.39, 0.29) is 29.2 Å². The van der Waals surface area contributed by atoms with Crippen LogP contribution in [-0.4, -0.2) is 30.2 Å². The fourth-order valence-electron chi connectivity index (χ4n) is 3.86. The lowest BCUT2D eigenvalue weighted by Gasteiger charge is -2.25. The van der Waals surface area contributed by atoms with Crippen molar-refractivity contribution in [2.45, 2.75) is 26.8 Å². The Balaban J connectivity index is 1.95. The zero-order valence-corrected chi connectivity index (χ0v) is 21.8. The predicted octanol–water partition coefficient (Wildman–Crippen LogP) is 3.27. The summed E-state index contributed by atoms with van der Waals surface area (Å²) >= 11 is 2.80. The lowest BCUT2D eigenvalue weighted by molar-refractivity contribution is -0.138. The Hall–Kier alpha value is -3.76. The Kier molecular flexibility index (Phi) is 7.37. The molecule has 2 aromatic heterocycles. The van der Waals surface area contributed by atoms with E-state index in [1.165, 1.54) is 36.0 Å². The van der Waals surface area contributed by atoms with E-state index in [1.54, 1.807) is 36.5 Å². The van der Waals surface area contributed by atoms with Crippen LogP contribution in [0.1, 0.15) is 35.9 Å². The first-order valence-electron chi connectivity index (χ1n) is 11.0. The summed E-state index contributed by atoms with van der Waals surface area (Å²) in [4.78, 5) is 44.4. The van der Waals surface area contributed by atoms with E-state index in [0.29, 0.717) is 20.6 Å². The highest BCUT2D eigenvalue weighted by atomic mass is 32.1. The molecule has 0 amide bonds. The fraction of sp³-hybridized carbons (Fsp3) is 0.231. The maximum absolute atomic E-state index is 13.7. The zero-order chi connectivity index (χ0) is 26.0. The third-order valence-electron chi connectivity index (χ3n) is 5.49. The van der Waals surface area contributed by atoms with Crippen molar-refractivity contribution < 1.29 is 23.8 Å². The number of hydrogen-bond acceptors (Lipinski definition) is 9. The molecule has 1 aliphatic rings. The molecule has 1 aromatic carbocycles. The largest absolute Gasteiger partial charge is 0.493 e. The molecule has 1 atom stereocenters. The van der Waals surface area contributed by atoms with Crippen LogP contribution in [-0.2, 0) is 14.3 Å². The van der Waals surface area contributed by atoms with E-state index in [2.05, 4.69) is 11.6 Å². The van der Waals surface area contributed by atoms with E-state index in [1.807, 2.05) is 24.4 Å². The van der Waals surface area contributed by atoms with Crippen molar-refractivity contribution in [2.75, 3.05) is 13.7 Å². The molecule has 0 radical (unpaired) electrons. The summed E-state index contributed by atoms with van der Waals surface area (Å²) in [5.74, 6) is -0.590. The van der Waals surface area contributed by atoms with E-state index in [9.17, 15) is 14.4 Å². The number of aryl methyl sites for hydroxylation is 1.